The van der Waals surface area contributed by atoms with Crippen molar-refractivity contribution in [2.24, 2.45) is 0 Å². The van der Waals surface area contributed by atoms with Gasteiger partial charge in [-0.1, -0.05) is 6.07 Å². The van der Waals surface area contributed by atoms with Crippen molar-refractivity contribution in [2.75, 3.05) is 30.8 Å². The number of alkyl halides is 3. The molecule has 1 amide bonds. The highest BCUT2D eigenvalue weighted by Crippen LogP contribution is 2.34. The van der Waals surface area contributed by atoms with Gasteiger partial charge in [-0.2, -0.15) is 18.2 Å². The van der Waals surface area contributed by atoms with E-state index in [-0.39, 0.29) is 47.9 Å². The molecule has 11 nitrogen and oxygen atoms in total. The summed E-state index contributed by atoms with van der Waals surface area (Å²) in [6.45, 7) is 0.589. The molecule has 0 aliphatic carbocycles. The number of amides is 1. The maximum Gasteiger partial charge on any atom is 0.416 e. The first-order valence-corrected chi connectivity index (χ1v) is 12.4. The Morgan fingerprint density at radius 3 is 2.71 bits per heavy atom. The van der Waals surface area contributed by atoms with Crippen molar-refractivity contribution in [1.82, 2.24) is 24.8 Å². The van der Waals surface area contributed by atoms with E-state index in [1.807, 2.05) is 0 Å². The third-order valence-corrected chi connectivity index (χ3v) is 6.14. The molecule has 0 saturated carbocycles. The molecule has 5 rings (SSSR count). The second-order valence-corrected chi connectivity index (χ2v) is 8.88. The number of carbonyl (C=O) groups is 1. The molecule has 4 aromatic rings. The van der Waals surface area contributed by atoms with E-state index < -0.39 is 29.0 Å². The summed E-state index contributed by atoms with van der Waals surface area (Å²) in [5.41, 5.74) is -1.02. The molecule has 0 bridgehead atoms. The Morgan fingerprint density at radius 2 is 1.98 bits per heavy atom. The highest BCUT2D eigenvalue weighted by atomic mass is 19.4. The average Bonchev–Trinajstić information content (AvgIpc) is 3.38. The molecule has 0 atom stereocenters. The average molecular weight is 583 g/mol. The van der Waals surface area contributed by atoms with Crippen LogP contribution in [-0.4, -0.2) is 57.0 Å². The Morgan fingerprint density at radius 1 is 1.14 bits per heavy atom. The van der Waals surface area contributed by atoms with Crippen LogP contribution in [0.2, 0.25) is 0 Å². The van der Waals surface area contributed by atoms with E-state index >= 15 is 0 Å². The molecule has 0 unspecified atom stereocenters. The number of aromatic nitrogens is 4. The maximum atomic E-state index is 14.8. The van der Waals surface area contributed by atoms with E-state index in [0.29, 0.717) is 18.1 Å². The first-order chi connectivity index (χ1) is 20.1. The molecule has 3 heterocycles. The zero-order valence-corrected chi connectivity index (χ0v) is 21.9. The van der Waals surface area contributed by atoms with E-state index in [9.17, 15) is 22.4 Å². The molecule has 15 heteroatoms. The van der Waals surface area contributed by atoms with Crippen molar-refractivity contribution >= 4 is 23.6 Å². The Bertz CT molecular complexity index is 1650. The molecule has 3 N–H and O–H groups in total. The van der Waals surface area contributed by atoms with E-state index in [4.69, 9.17) is 14.9 Å². The molecule has 1 fully saturated rings. The van der Waals surface area contributed by atoms with Gasteiger partial charge in [0.2, 0.25) is 11.8 Å². The summed E-state index contributed by atoms with van der Waals surface area (Å²) >= 11 is 0. The van der Waals surface area contributed by atoms with Crippen LogP contribution < -0.4 is 15.4 Å². The summed E-state index contributed by atoms with van der Waals surface area (Å²) in [4.78, 5) is 31.2. The molecule has 1 aliphatic heterocycles. The summed E-state index contributed by atoms with van der Waals surface area (Å²) in [6.07, 6.45) is -1.93. The fourth-order valence-electron chi connectivity index (χ4n) is 4.04. The largest absolute Gasteiger partial charge is 0.463 e. The van der Waals surface area contributed by atoms with Crippen LogP contribution >= 0.6 is 0 Å². The summed E-state index contributed by atoms with van der Waals surface area (Å²) in [5, 5.41) is 13.0. The zero-order valence-electron chi connectivity index (χ0n) is 21.9. The molecule has 2 aromatic carbocycles. The molecule has 1 saturated heterocycles. The van der Waals surface area contributed by atoms with Gasteiger partial charge in [0, 0.05) is 25.5 Å². The minimum Gasteiger partial charge on any atom is -0.463 e. The number of amidine groups is 1. The topological polar surface area (TPSA) is 138 Å². The van der Waals surface area contributed by atoms with Gasteiger partial charge < -0.3 is 25.0 Å². The van der Waals surface area contributed by atoms with Crippen molar-refractivity contribution in [2.45, 2.75) is 12.7 Å². The van der Waals surface area contributed by atoms with Gasteiger partial charge in [-0.15, -0.1) is 0 Å². The second-order valence-electron chi connectivity index (χ2n) is 8.88. The van der Waals surface area contributed by atoms with Crippen LogP contribution in [0.25, 0.3) is 11.4 Å². The van der Waals surface area contributed by atoms with Crippen LogP contribution in [0.15, 0.2) is 61.1 Å². The zero-order chi connectivity index (χ0) is 29.9. The number of nitrogens with one attached hydrogen (secondary N) is 3. The summed E-state index contributed by atoms with van der Waals surface area (Å²) in [6, 6.07) is 9.34. The van der Waals surface area contributed by atoms with Crippen LogP contribution in [0.1, 0.15) is 21.5 Å². The van der Waals surface area contributed by atoms with Gasteiger partial charge in [-0.05, 0) is 48.0 Å². The van der Waals surface area contributed by atoms with E-state index in [0.717, 1.165) is 24.3 Å². The first-order valence-electron chi connectivity index (χ1n) is 12.4. The van der Waals surface area contributed by atoms with Crippen LogP contribution in [0.4, 0.5) is 29.2 Å². The molecule has 2 aromatic heterocycles. The number of pyridine rings is 1. The van der Waals surface area contributed by atoms with Gasteiger partial charge in [0.25, 0.3) is 11.9 Å². The number of benzene rings is 2. The number of anilines is 2. The Kier molecular flexibility index (Phi) is 7.82. The lowest BCUT2D eigenvalue weighted by atomic mass is 10.1. The Labute approximate surface area is 236 Å². The minimum absolute atomic E-state index is 0.00693. The quantitative estimate of drug-likeness (QED) is 0.247. The van der Waals surface area contributed by atoms with Crippen LogP contribution in [0.3, 0.4) is 0 Å². The third-order valence-electron chi connectivity index (χ3n) is 6.14. The molecule has 0 radical (unpaired) electrons. The van der Waals surface area contributed by atoms with Gasteiger partial charge in [0.05, 0.1) is 23.2 Å². The van der Waals surface area contributed by atoms with Gasteiger partial charge >= 0.3 is 6.18 Å². The van der Waals surface area contributed by atoms with Gasteiger partial charge in [-0.25, -0.2) is 19.3 Å². The standard InChI is InChI=1S/C27H22F4N8O3/c1-33-26-36-14-35-22(38-26)18-3-2-8-34-24(18)42-17-6-7-20(28)19(12-17)23(40)37-21-11-16(27(29,30)31)5-4-15(21)13-39-9-10-41-25(39)32/h2-8,11-12,14,32H,9-10,13H2,1H3,(H,37,40)(H,33,35,36,38). The van der Waals surface area contributed by atoms with Gasteiger partial charge in [0.15, 0.2) is 5.82 Å². The fraction of sp³-hybridized carbons (Fsp3) is 0.185. The molecular weight excluding hydrogens is 560 g/mol. The monoisotopic (exact) mass is 582 g/mol. The molecule has 1 aliphatic rings. The fourth-order valence-corrected chi connectivity index (χ4v) is 4.04. The smallest absolute Gasteiger partial charge is 0.416 e. The number of ether oxygens (including phenoxy) is 2. The maximum absolute atomic E-state index is 14.8. The SMILES string of the molecule is CNc1ncnc(-c2cccnc2Oc2ccc(F)c(C(=O)Nc3cc(C(F)(F)F)ccc3CN3CCOC3=N)c2)n1. The number of halogens is 4. The van der Waals surface area contributed by atoms with Crippen molar-refractivity contribution in [3.63, 3.8) is 0 Å². The third kappa shape index (κ3) is 6.19. The molecule has 0 spiro atoms. The van der Waals surface area contributed by atoms with Crippen LogP contribution in [-0.2, 0) is 17.5 Å². The molecule has 42 heavy (non-hydrogen) atoms. The second kappa shape index (κ2) is 11.6. The number of nitrogens with zero attached hydrogens (tertiary/aromatic N) is 5. The lowest BCUT2D eigenvalue weighted by molar-refractivity contribution is -0.137. The first kappa shape index (κ1) is 28.2. The van der Waals surface area contributed by atoms with Gasteiger partial charge in [-0.3, -0.25) is 10.2 Å². The summed E-state index contributed by atoms with van der Waals surface area (Å²) in [5.74, 6) is -1.32. The number of hydrogen-bond acceptors (Lipinski definition) is 9. The van der Waals surface area contributed by atoms with Gasteiger partial charge in [0.1, 0.15) is 24.5 Å². The van der Waals surface area contributed by atoms with Crippen molar-refractivity contribution in [3.8, 4) is 23.0 Å². The molecule has 216 valence electrons. The van der Waals surface area contributed by atoms with E-state index in [1.54, 1.807) is 19.2 Å². The predicted molar refractivity (Wildman–Crippen MR) is 143 cm³/mol. The van der Waals surface area contributed by atoms with Crippen LogP contribution in [0, 0.1) is 11.2 Å². The van der Waals surface area contributed by atoms with Crippen molar-refractivity contribution < 1.29 is 31.8 Å². The van der Waals surface area contributed by atoms with Crippen LogP contribution in [0.5, 0.6) is 11.6 Å². The Hall–Kier alpha value is -5.34. The molecular formula is C27H22F4N8O3. The van der Waals surface area contributed by atoms with E-state index in [2.05, 4.69) is 30.6 Å². The minimum atomic E-state index is -4.69. The number of rotatable bonds is 8. The van der Waals surface area contributed by atoms with Crippen molar-refractivity contribution in [3.05, 3.63) is 83.6 Å². The lowest BCUT2D eigenvalue weighted by Crippen LogP contribution is -2.25. The normalized spacial score (nSPS) is 13.1. The number of carbonyl (C=O) groups excluding carboxylic acids is 1. The van der Waals surface area contributed by atoms with Crippen molar-refractivity contribution in [1.29, 1.82) is 5.41 Å². The summed E-state index contributed by atoms with van der Waals surface area (Å²) in [7, 11) is 1.64. The predicted octanol–water partition coefficient (Wildman–Crippen LogP) is 4.94. The Balaban J connectivity index is 1.43. The lowest BCUT2D eigenvalue weighted by Gasteiger charge is -2.19. The van der Waals surface area contributed by atoms with E-state index in [1.165, 1.54) is 29.6 Å². The number of hydrogen-bond donors (Lipinski definition) is 3. The highest BCUT2D eigenvalue weighted by molar-refractivity contribution is 6.05. The highest BCUT2D eigenvalue weighted by Gasteiger charge is 2.32. The summed E-state index contributed by atoms with van der Waals surface area (Å²) < 4.78 is 66.2.